The summed E-state index contributed by atoms with van der Waals surface area (Å²) >= 11 is 6.14. The van der Waals surface area contributed by atoms with E-state index in [0.717, 1.165) is 5.56 Å². The van der Waals surface area contributed by atoms with Crippen molar-refractivity contribution in [3.8, 4) is 0 Å². The van der Waals surface area contributed by atoms with Crippen molar-refractivity contribution in [2.75, 3.05) is 18.1 Å². The van der Waals surface area contributed by atoms with Crippen molar-refractivity contribution >= 4 is 27.3 Å². The van der Waals surface area contributed by atoms with Gasteiger partial charge >= 0.3 is 0 Å². The Balaban J connectivity index is 1.87. The van der Waals surface area contributed by atoms with E-state index in [1.54, 1.807) is 6.92 Å². The topological polar surface area (TPSA) is 79.8 Å². The van der Waals surface area contributed by atoms with Gasteiger partial charge in [-0.1, -0.05) is 29.8 Å². The molecule has 1 aromatic carbocycles. The molecule has 1 fully saturated rings. The van der Waals surface area contributed by atoms with Gasteiger partial charge in [0.05, 0.1) is 17.0 Å². The summed E-state index contributed by atoms with van der Waals surface area (Å²) < 4.78 is 23.1. The molecule has 0 aliphatic carbocycles. The maximum Gasteiger partial charge on any atom is 0.275 e. The van der Waals surface area contributed by atoms with Gasteiger partial charge in [0.15, 0.2) is 16.4 Å². The summed E-state index contributed by atoms with van der Waals surface area (Å²) in [4.78, 5) is 12.1. The minimum absolute atomic E-state index is 0.0196. The van der Waals surface area contributed by atoms with Gasteiger partial charge in [0.2, 0.25) is 0 Å². The van der Waals surface area contributed by atoms with Gasteiger partial charge in [0.1, 0.15) is 6.04 Å². The summed E-state index contributed by atoms with van der Waals surface area (Å²) in [6, 6.07) is 7.60. The highest BCUT2D eigenvalue weighted by molar-refractivity contribution is 7.91. The lowest BCUT2D eigenvalue weighted by Crippen LogP contribution is -2.87. The van der Waals surface area contributed by atoms with Crippen LogP contribution in [0.4, 0.5) is 0 Å². The normalized spacial score (nSPS) is 24.9. The third-order valence-electron chi connectivity index (χ3n) is 4.00. The van der Waals surface area contributed by atoms with Gasteiger partial charge in [-0.05, 0) is 26.3 Å². The lowest BCUT2D eigenvalue weighted by molar-refractivity contribution is -0.682. The van der Waals surface area contributed by atoms with Gasteiger partial charge in [0.25, 0.3) is 5.91 Å². The predicted octanol–water partition coefficient (Wildman–Crippen LogP) is 0.658. The number of hydrogen-bond acceptors (Lipinski definition) is 3. The van der Waals surface area contributed by atoms with Gasteiger partial charge in [0, 0.05) is 10.6 Å². The molecule has 5 nitrogen and oxygen atoms in total. The van der Waals surface area contributed by atoms with Gasteiger partial charge in [-0.15, -0.1) is 0 Å². The van der Waals surface area contributed by atoms with Crippen LogP contribution in [0.5, 0.6) is 0 Å². The van der Waals surface area contributed by atoms with E-state index in [-0.39, 0.29) is 30.0 Å². The van der Waals surface area contributed by atoms with Crippen molar-refractivity contribution in [3.63, 3.8) is 0 Å². The van der Waals surface area contributed by atoms with Crippen LogP contribution < -0.4 is 10.6 Å². The number of nitrogens with one attached hydrogen (secondary N) is 1. The van der Waals surface area contributed by atoms with Crippen LogP contribution in [-0.4, -0.2) is 37.9 Å². The maximum atomic E-state index is 12.1. The van der Waals surface area contributed by atoms with Crippen LogP contribution in [0.2, 0.25) is 5.02 Å². The van der Waals surface area contributed by atoms with Crippen molar-refractivity contribution < 1.29 is 18.5 Å². The Morgan fingerprint density at radius 2 is 2.14 bits per heavy atom. The molecule has 122 valence electrons. The van der Waals surface area contributed by atoms with E-state index >= 15 is 0 Å². The molecule has 1 aromatic rings. The standard InChI is InChI=1S/C15H21ClN2O3S/c1-11(12-5-3-4-6-13(12)16)17-9-14(19)18-15(2)7-8-22(20,21)10-15/h3-6,11,17H,7-10H2,1-2H3,(H,18,19)/p+1/t11-,15+/m1/s1. The highest BCUT2D eigenvalue weighted by Crippen LogP contribution is 2.22. The van der Waals surface area contributed by atoms with Crippen LogP contribution in [0.15, 0.2) is 24.3 Å². The number of sulfone groups is 1. The number of nitrogens with two attached hydrogens (primary N) is 1. The highest BCUT2D eigenvalue weighted by Gasteiger charge is 2.39. The number of carbonyl (C=O) groups is 1. The van der Waals surface area contributed by atoms with Crippen LogP contribution >= 0.6 is 11.6 Å². The zero-order valence-corrected chi connectivity index (χ0v) is 14.4. The molecule has 1 amide bonds. The Hall–Kier alpha value is -1.11. The van der Waals surface area contributed by atoms with Crippen molar-refractivity contribution in [2.45, 2.75) is 31.8 Å². The highest BCUT2D eigenvalue weighted by atomic mass is 35.5. The van der Waals surface area contributed by atoms with E-state index in [0.29, 0.717) is 11.4 Å². The summed E-state index contributed by atoms with van der Waals surface area (Å²) in [5.74, 6) is 0.00787. The molecule has 1 aliphatic heterocycles. The predicted molar refractivity (Wildman–Crippen MR) is 86.5 cm³/mol. The Morgan fingerprint density at radius 1 is 1.45 bits per heavy atom. The van der Waals surface area contributed by atoms with E-state index in [4.69, 9.17) is 11.6 Å². The maximum absolute atomic E-state index is 12.1. The molecule has 2 atom stereocenters. The summed E-state index contributed by atoms with van der Waals surface area (Å²) in [7, 11) is -3.02. The summed E-state index contributed by atoms with van der Waals surface area (Å²) in [5.41, 5.74) is 0.337. The second-order valence-electron chi connectivity index (χ2n) is 6.20. The SMILES string of the molecule is C[C@@H]([NH2+]CC(=O)N[C@@]1(C)CCS(=O)(=O)C1)c1ccccc1Cl. The zero-order valence-electron chi connectivity index (χ0n) is 12.8. The molecule has 1 saturated heterocycles. The first-order chi connectivity index (χ1) is 10.2. The Kier molecular flexibility index (Phi) is 5.14. The fourth-order valence-electron chi connectivity index (χ4n) is 2.75. The van der Waals surface area contributed by atoms with Gasteiger partial charge in [-0.25, -0.2) is 8.42 Å². The zero-order chi connectivity index (χ0) is 16.4. The molecule has 0 aromatic heterocycles. The molecule has 1 heterocycles. The second kappa shape index (κ2) is 6.56. The summed E-state index contributed by atoms with van der Waals surface area (Å²) in [6.07, 6.45) is 0.473. The Bertz CT molecular complexity index is 663. The molecule has 1 aliphatic rings. The lowest BCUT2D eigenvalue weighted by atomic mass is 10.0. The number of halogens is 1. The third-order valence-corrected chi connectivity index (χ3v) is 6.24. The molecule has 0 saturated carbocycles. The molecule has 3 N–H and O–H groups in total. The van der Waals surface area contributed by atoms with Gasteiger partial charge < -0.3 is 10.6 Å². The van der Waals surface area contributed by atoms with Crippen LogP contribution in [0, 0.1) is 0 Å². The first-order valence-corrected chi connectivity index (χ1v) is 9.50. The van der Waals surface area contributed by atoms with E-state index < -0.39 is 15.4 Å². The number of carbonyl (C=O) groups excluding carboxylic acids is 1. The fourth-order valence-corrected chi connectivity index (χ4v) is 5.15. The quantitative estimate of drug-likeness (QED) is 0.822. The first-order valence-electron chi connectivity index (χ1n) is 7.30. The lowest BCUT2D eigenvalue weighted by Gasteiger charge is -2.23. The number of rotatable bonds is 5. The van der Waals surface area contributed by atoms with E-state index in [9.17, 15) is 13.2 Å². The number of benzene rings is 1. The molecule has 0 radical (unpaired) electrons. The van der Waals surface area contributed by atoms with Crippen LogP contribution in [0.1, 0.15) is 31.9 Å². The van der Waals surface area contributed by atoms with E-state index in [1.807, 2.05) is 36.5 Å². The molecule has 22 heavy (non-hydrogen) atoms. The first kappa shape index (κ1) is 17.2. The molecule has 2 rings (SSSR count). The summed E-state index contributed by atoms with van der Waals surface area (Å²) in [5, 5.41) is 5.42. The van der Waals surface area contributed by atoms with Crippen molar-refractivity contribution in [1.29, 1.82) is 0 Å². The molecule has 0 bridgehead atoms. The fraction of sp³-hybridized carbons (Fsp3) is 0.533. The average Bonchev–Trinajstić information content (AvgIpc) is 2.70. The smallest absolute Gasteiger partial charge is 0.275 e. The summed E-state index contributed by atoms with van der Waals surface area (Å²) in [6.45, 7) is 4.01. The Labute approximate surface area is 136 Å². The molecule has 7 heteroatoms. The van der Waals surface area contributed by atoms with Gasteiger partial charge in [-0.3, -0.25) is 4.79 Å². The average molecular weight is 346 g/mol. The van der Waals surface area contributed by atoms with Crippen LogP contribution in [0.25, 0.3) is 0 Å². The molecular weight excluding hydrogens is 324 g/mol. The minimum Gasteiger partial charge on any atom is -0.345 e. The van der Waals surface area contributed by atoms with Crippen LogP contribution in [-0.2, 0) is 14.6 Å². The van der Waals surface area contributed by atoms with Crippen molar-refractivity contribution in [2.24, 2.45) is 0 Å². The second-order valence-corrected chi connectivity index (χ2v) is 8.79. The van der Waals surface area contributed by atoms with Crippen molar-refractivity contribution in [3.05, 3.63) is 34.9 Å². The largest absolute Gasteiger partial charge is 0.345 e. The van der Waals surface area contributed by atoms with Crippen molar-refractivity contribution in [1.82, 2.24) is 5.32 Å². The van der Waals surface area contributed by atoms with Crippen LogP contribution in [0.3, 0.4) is 0 Å². The number of amides is 1. The molecular formula is C15H22ClN2O3S+. The molecule has 0 spiro atoms. The number of quaternary nitrogens is 1. The monoisotopic (exact) mass is 345 g/mol. The van der Waals surface area contributed by atoms with Gasteiger partial charge in [-0.2, -0.15) is 0 Å². The third kappa shape index (κ3) is 4.44. The minimum atomic E-state index is -3.02. The number of hydrogen-bond donors (Lipinski definition) is 2. The van der Waals surface area contributed by atoms with E-state index in [2.05, 4.69) is 5.32 Å². The van der Waals surface area contributed by atoms with E-state index in [1.165, 1.54) is 0 Å². The molecule has 0 unspecified atom stereocenters. The Morgan fingerprint density at radius 3 is 2.73 bits per heavy atom.